The first kappa shape index (κ1) is 19.5. The van der Waals surface area contributed by atoms with E-state index in [0.29, 0.717) is 0 Å². The average Bonchev–Trinajstić information content (AvgIpc) is 2.48. The maximum absolute atomic E-state index is 12.0. The maximum Gasteiger partial charge on any atom is 0.410 e. The van der Waals surface area contributed by atoms with Crippen LogP contribution in [0.5, 0.6) is 0 Å². The van der Waals surface area contributed by atoms with Crippen LogP contribution in [0, 0.1) is 0 Å². The van der Waals surface area contributed by atoms with Gasteiger partial charge in [-0.2, -0.15) is 0 Å². The molecule has 1 atom stereocenters. The Bertz CT molecular complexity index is 578. The first-order chi connectivity index (χ1) is 11.1. The van der Waals surface area contributed by atoms with E-state index >= 15 is 0 Å². The highest BCUT2D eigenvalue weighted by atomic mass is 16.6. The first-order valence-corrected chi connectivity index (χ1v) is 7.48. The lowest BCUT2D eigenvalue weighted by atomic mass is 10.1. The summed E-state index contributed by atoms with van der Waals surface area (Å²) in [4.78, 5) is 36.1. The molecular formula is C17H23NO6. The summed E-state index contributed by atoms with van der Waals surface area (Å²) >= 11 is 0. The highest BCUT2D eigenvalue weighted by Gasteiger charge is 2.32. The number of likely N-dealkylation sites (N-methyl/N-ethyl adjacent to an activating group) is 1. The monoisotopic (exact) mass is 337 g/mol. The lowest BCUT2D eigenvalue weighted by Crippen LogP contribution is -2.44. The summed E-state index contributed by atoms with van der Waals surface area (Å²) in [7, 11) is 1.27. The van der Waals surface area contributed by atoms with Crippen molar-refractivity contribution in [3.8, 4) is 0 Å². The number of carbonyl (C=O) groups excluding carboxylic acids is 2. The Hall–Kier alpha value is -2.57. The first-order valence-electron chi connectivity index (χ1n) is 7.48. The predicted molar refractivity (Wildman–Crippen MR) is 86.3 cm³/mol. The normalized spacial score (nSPS) is 12.2. The fourth-order valence-corrected chi connectivity index (χ4v) is 1.88. The number of carboxylic acid groups (broad SMARTS) is 1. The third kappa shape index (κ3) is 6.68. The van der Waals surface area contributed by atoms with Gasteiger partial charge in [0.2, 0.25) is 0 Å². The second kappa shape index (κ2) is 8.33. The van der Waals surface area contributed by atoms with E-state index in [1.807, 2.05) is 6.07 Å². The van der Waals surface area contributed by atoms with Crippen molar-refractivity contribution in [1.29, 1.82) is 0 Å². The van der Waals surface area contributed by atoms with Crippen molar-refractivity contribution in [2.75, 3.05) is 7.05 Å². The molecule has 1 unspecified atom stereocenters. The molecule has 0 aromatic heterocycles. The molecule has 1 rings (SSSR count). The Morgan fingerprint density at radius 2 is 1.75 bits per heavy atom. The molecule has 0 spiro atoms. The lowest BCUT2D eigenvalue weighted by molar-refractivity contribution is -0.160. The summed E-state index contributed by atoms with van der Waals surface area (Å²) in [5.41, 5.74) is 0.0465. The minimum absolute atomic E-state index is 0.0167. The van der Waals surface area contributed by atoms with Gasteiger partial charge >= 0.3 is 18.0 Å². The SMILES string of the molecule is CN(C(=O)OCc1ccccc1)C(CC(=O)OC(C)(C)C)C(=O)O. The van der Waals surface area contributed by atoms with Gasteiger partial charge in [-0.1, -0.05) is 30.3 Å². The van der Waals surface area contributed by atoms with E-state index in [4.69, 9.17) is 9.47 Å². The number of benzene rings is 1. The number of hydrogen-bond donors (Lipinski definition) is 1. The largest absolute Gasteiger partial charge is 0.480 e. The number of amides is 1. The summed E-state index contributed by atoms with van der Waals surface area (Å²) < 4.78 is 10.2. The maximum atomic E-state index is 12.0. The number of carbonyl (C=O) groups is 3. The number of nitrogens with zero attached hydrogens (tertiary/aromatic N) is 1. The van der Waals surface area contributed by atoms with Crippen LogP contribution in [-0.2, 0) is 25.7 Å². The van der Waals surface area contributed by atoms with Crippen LogP contribution >= 0.6 is 0 Å². The number of esters is 1. The van der Waals surface area contributed by atoms with Crippen LogP contribution in [0.15, 0.2) is 30.3 Å². The number of ether oxygens (including phenoxy) is 2. The van der Waals surface area contributed by atoms with Crippen LogP contribution in [0.25, 0.3) is 0 Å². The number of carboxylic acids is 1. The number of hydrogen-bond acceptors (Lipinski definition) is 5. The van der Waals surface area contributed by atoms with Crippen molar-refractivity contribution in [2.45, 2.75) is 45.4 Å². The minimum atomic E-state index is -1.36. The van der Waals surface area contributed by atoms with E-state index in [1.54, 1.807) is 45.0 Å². The molecule has 0 aliphatic heterocycles. The van der Waals surface area contributed by atoms with Gasteiger partial charge < -0.3 is 14.6 Å². The number of rotatable bonds is 6. The van der Waals surface area contributed by atoms with Crippen LogP contribution in [0.1, 0.15) is 32.8 Å². The summed E-state index contributed by atoms with van der Waals surface area (Å²) in [5, 5.41) is 9.27. The Kier molecular flexibility index (Phi) is 6.76. The Morgan fingerprint density at radius 3 is 2.25 bits per heavy atom. The van der Waals surface area contributed by atoms with Crippen molar-refractivity contribution in [1.82, 2.24) is 4.90 Å². The van der Waals surface area contributed by atoms with Crippen LogP contribution in [-0.4, -0.2) is 46.7 Å². The molecule has 7 heteroatoms. The smallest absolute Gasteiger partial charge is 0.410 e. The van der Waals surface area contributed by atoms with Gasteiger partial charge in [0.15, 0.2) is 0 Å². The molecule has 0 aliphatic rings. The van der Waals surface area contributed by atoms with E-state index in [-0.39, 0.29) is 6.61 Å². The third-order valence-corrected chi connectivity index (χ3v) is 3.03. The van der Waals surface area contributed by atoms with Crippen molar-refractivity contribution in [3.05, 3.63) is 35.9 Å². The molecule has 1 aromatic carbocycles. The third-order valence-electron chi connectivity index (χ3n) is 3.03. The van der Waals surface area contributed by atoms with Gasteiger partial charge in [0.25, 0.3) is 0 Å². The summed E-state index contributed by atoms with van der Waals surface area (Å²) in [6.07, 6.45) is -1.28. The summed E-state index contributed by atoms with van der Waals surface area (Å²) in [6.45, 7) is 5.05. The second-order valence-corrected chi connectivity index (χ2v) is 6.30. The van der Waals surface area contributed by atoms with Gasteiger partial charge in [-0.3, -0.25) is 9.69 Å². The Labute approximate surface area is 141 Å². The molecule has 0 fully saturated rings. The molecule has 1 amide bonds. The average molecular weight is 337 g/mol. The fraction of sp³-hybridized carbons (Fsp3) is 0.471. The molecule has 132 valence electrons. The zero-order chi connectivity index (χ0) is 18.3. The molecule has 0 bridgehead atoms. The molecule has 0 saturated carbocycles. The van der Waals surface area contributed by atoms with Gasteiger partial charge in [-0.05, 0) is 26.3 Å². The Balaban J connectivity index is 2.64. The minimum Gasteiger partial charge on any atom is -0.480 e. The zero-order valence-corrected chi connectivity index (χ0v) is 14.3. The van der Waals surface area contributed by atoms with Gasteiger partial charge in [-0.15, -0.1) is 0 Å². The molecule has 0 aliphatic carbocycles. The molecule has 1 aromatic rings. The molecule has 0 radical (unpaired) electrons. The van der Waals surface area contributed by atoms with Crippen molar-refractivity contribution < 1.29 is 29.0 Å². The fourth-order valence-electron chi connectivity index (χ4n) is 1.88. The highest BCUT2D eigenvalue weighted by molar-refractivity contribution is 5.85. The van der Waals surface area contributed by atoms with E-state index < -0.39 is 36.1 Å². The van der Waals surface area contributed by atoms with Gasteiger partial charge in [0.05, 0.1) is 6.42 Å². The van der Waals surface area contributed by atoms with Crippen LogP contribution < -0.4 is 0 Å². The van der Waals surface area contributed by atoms with Gasteiger partial charge in [0, 0.05) is 7.05 Å². The topological polar surface area (TPSA) is 93.1 Å². The highest BCUT2D eigenvalue weighted by Crippen LogP contribution is 2.13. The van der Waals surface area contributed by atoms with Crippen molar-refractivity contribution in [3.63, 3.8) is 0 Å². The molecule has 0 heterocycles. The molecule has 24 heavy (non-hydrogen) atoms. The number of aliphatic carboxylic acids is 1. The van der Waals surface area contributed by atoms with Crippen LogP contribution in [0.4, 0.5) is 4.79 Å². The molecular weight excluding hydrogens is 314 g/mol. The molecule has 0 saturated heterocycles. The zero-order valence-electron chi connectivity index (χ0n) is 14.3. The molecule has 1 N–H and O–H groups in total. The van der Waals surface area contributed by atoms with Crippen molar-refractivity contribution in [2.24, 2.45) is 0 Å². The van der Waals surface area contributed by atoms with E-state index in [9.17, 15) is 19.5 Å². The second-order valence-electron chi connectivity index (χ2n) is 6.30. The standard InChI is InChI=1S/C17H23NO6/c1-17(2,3)24-14(19)10-13(15(20)21)18(4)16(22)23-11-12-8-6-5-7-9-12/h5-9,13H,10-11H2,1-4H3,(H,20,21). The predicted octanol–water partition coefficient (Wildman–Crippen LogP) is 2.44. The Morgan fingerprint density at radius 1 is 1.17 bits per heavy atom. The van der Waals surface area contributed by atoms with E-state index in [1.165, 1.54) is 7.05 Å². The van der Waals surface area contributed by atoms with Crippen molar-refractivity contribution >= 4 is 18.0 Å². The molecule has 7 nitrogen and oxygen atoms in total. The van der Waals surface area contributed by atoms with E-state index in [0.717, 1.165) is 10.5 Å². The van der Waals surface area contributed by atoms with Gasteiger partial charge in [-0.25, -0.2) is 9.59 Å². The van der Waals surface area contributed by atoms with E-state index in [2.05, 4.69) is 0 Å². The quantitative estimate of drug-likeness (QED) is 0.802. The summed E-state index contributed by atoms with van der Waals surface area (Å²) in [6, 6.07) is 7.64. The van der Waals surface area contributed by atoms with Crippen LogP contribution in [0.3, 0.4) is 0 Å². The lowest BCUT2D eigenvalue weighted by Gasteiger charge is -2.25. The van der Waals surface area contributed by atoms with Gasteiger partial charge in [0.1, 0.15) is 18.2 Å². The summed E-state index contributed by atoms with van der Waals surface area (Å²) in [5.74, 6) is -2.00. The van der Waals surface area contributed by atoms with Crippen LogP contribution in [0.2, 0.25) is 0 Å².